The molecule has 2 aromatic carbocycles. The van der Waals surface area contributed by atoms with E-state index < -0.39 is 0 Å². The minimum atomic E-state index is 0.172. The first-order chi connectivity index (χ1) is 8.72. The third-order valence-electron chi connectivity index (χ3n) is 2.39. The molecule has 0 aliphatic rings. The molecule has 0 aliphatic carbocycles. The van der Waals surface area contributed by atoms with Gasteiger partial charge in [-0.2, -0.15) is 0 Å². The Morgan fingerprint density at radius 1 is 1.06 bits per heavy atom. The van der Waals surface area contributed by atoms with Crippen LogP contribution in [0.2, 0.25) is 0 Å². The van der Waals surface area contributed by atoms with Crippen LogP contribution < -0.4 is 9.47 Å². The molecule has 4 heteroatoms. The molecule has 0 unspecified atom stereocenters. The lowest BCUT2D eigenvalue weighted by Crippen LogP contribution is -1.92. The summed E-state index contributed by atoms with van der Waals surface area (Å²) in [5.41, 5.74) is 0.518. The zero-order valence-corrected chi connectivity index (χ0v) is 9.79. The molecule has 1 N–H and O–H groups in total. The van der Waals surface area contributed by atoms with E-state index in [1.165, 1.54) is 19.2 Å². The number of phenolic OH excluding ortho intramolecular Hbond substituents is 1. The van der Waals surface area contributed by atoms with Crippen molar-refractivity contribution in [2.45, 2.75) is 0 Å². The Balaban J connectivity index is 2.28. The van der Waals surface area contributed by atoms with E-state index in [-0.39, 0.29) is 5.75 Å². The maximum atomic E-state index is 10.7. The van der Waals surface area contributed by atoms with E-state index in [0.717, 1.165) is 6.29 Å². The van der Waals surface area contributed by atoms with Crippen LogP contribution in [0.4, 0.5) is 0 Å². The van der Waals surface area contributed by atoms with Crippen molar-refractivity contribution in [2.24, 2.45) is 0 Å². The molecule has 92 valence electrons. The SMILES string of the molecule is COc1cc(C=O)ccc1Oc1ccc(O)cc1. The van der Waals surface area contributed by atoms with E-state index in [1.54, 1.807) is 30.3 Å². The van der Waals surface area contributed by atoms with E-state index in [2.05, 4.69) is 0 Å². The van der Waals surface area contributed by atoms with Gasteiger partial charge in [-0.05, 0) is 42.5 Å². The molecule has 4 nitrogen and oxygen atoms in total. The first-order valence-electron chi connectivity index (χ1n) is 5.33. The predicted octanol–water partition coefficient (Wildman–Crippen LogP) is 3.01. The fourth-order valence-corrected chi connectivity index (χ4v) is 1.48. The molecule has 0 radical (unpaired) electrons. The summed E-state index contributed by atoms with van der Waals surface area (Å²) in [6.45, 7) is 0. The lowest BCUT2D eigenvalue weighted by molar-refractivity contribution is 0.112. The number of aromatic hydroxyl groups is 1. The lowest BCUT2D eigenvalue weighted by atomic mass is 10.2. The summed E-state index contributed by atoms with van der Waals surface area (Å²) < 4.78 is 10.8. The minimum absolute atomic E-state index is 0.172. The second kappa shape index (κ2) is 5.23. The Hall–Kier alpha value is -2.49. The lowest BCUT2D eigenvalue weighted by Gasteiger charge is -2.10. The topological polar surface area (TPSA) is 55.8 Å². The number of phenols is 1. The second-order valence-electron chi connectivity index (χ2n) is 3.62. The van der Waals surface area contributed by atoms with Gasteiger partial charge in [0.15, 0.2) is 11.5 Å². The molecular formula is C14H12O4. The maximum absolute atomic E-state index is 10.7. The van der Waals surface area contributed by atoms with Gasteiger partial charge < -0.3 is 14.6 Å². The minimum Gasteiger partial charge on any atom is -0.508 e. The van der Waals surface area contributed by atoms with Gasteiger partial charge in [0.1, 0.15) is 17.8 Å². The summed E-state index contributed by atoms with van der Waals surface area (Å²) in [7, 11) is 1.51. The number of rotatable bonds is 4. The fraction of sp³-hybridized carbons (Fsp3) is 0.0714. The maximum Gasteiger partial charge on any atom is 0.169 e. The van der Waals surface area contributed by atoms with Gasteiger partial charge >= 0.3 is 0 Å². The van der Waals surface area contributed by atoms with E-state index in [1.807, 2.05) is 0 Å². The first-order valence-corrected chi connectivity index (χ1v) is 5.33. The Bertz CT molecular complexity index is 546. The van der Waals surface area contributed by atoms with Crippen LogP contribution >= 0.6 is 0 Å². The average Bonchev–Trinajstić information content (AvgIpc) is 2.41. The van der Waals surface area contributed by atoms with E-state index in [0.29, 0.717) is 22.8 Å². The van der Waals surface area contributed by atoms with Crippen molar-refractivity contribution in [1.82, 2.24) is 0 Å². The Morgan fingerprint density at radius 3 is 2.39 bits per heavy atom. The standard InChI is InChI=1S/C14H12O4/c1-17-14-8-10(9-15)2-7-13(14)18-12-5-3-11(16)4-6-12/h2-9,16H,1H3. The highest BCUT2D eigenvalue weighted by atomic mass is 16.5. The summed E-state index contributed by atoms with van der Waals surface area (Å²) in [6.07, 6.45) is 0.743. The molecule has 0 spiro atoms. The zero-order valence-electron chi connectivity index (χ0n) is 9.79. The molecular weight excluding hydrogens is 232 g/mol. The van der Waals surface area contributed by atoms with Gasteiger partial charge in [-0.1, -0.05) is 0 Å². The molecule has 0 aromatic heterocycles. The average molecular weight is 244 g/mol. The highest BCUT2D eigenvalue weighted by Gasteiger charge is 2.06. The van der Waals surface area contributed by atoms with Crippen molar-refractivity contribution < 1.29 is 19.4 Å². The van der Waals surface area contributed by atoms with Crippen molar-refractivity contribution >= 4 is 6.29 Å². The molecule has 0 aliphatic heterocycles. The van der Waals surface area contributed by atoms with Crippen LogP contribution in [-0.4, -0.2) is 18.5 Å². The number of hydrogen-bond donors (Lipinski definition) is 1. The second-order valence-corrected chi connectivity index (χ2v) is 3.62. The van der Waals surface area contributed by atoms with E-state index >= 15 is 0 Å². The molecule has 0 bridgehead atoms. The summed E-state index contributed by atoms with van der Waals surface area (Å²) in [5.74, 6) is 1.73. The Kier molecular flexibility index (Phi) is 3.48. The largest absolute Gasteiger partial charge is 0.508 e. The summed E-state index contributed by atoms with van der Waals surface area (Å²) >= 11 is 0. The Morgan fingerprint density at radius 2 is 1.78 bits per heavy atom. The molecule has 0 heterocycles. The van der Waals surface area contributed by atoms with E-state index in [9.17, 15) is 9.90 Å². The molecule has 0 saturated heterocycles. The van der Waals surface area contributed by atoms with Crippen LogP contribution in [0.25, 0.3) is 0 Å². The van der Waals surface area contributed by atoms with Gasteiger partial charge in [-0.25, -0.2) is 0 Å². The predicted molar refractivity (Wildman–Crippen MR) is 66.6 cm³/mol. The zero-order chi connectivity index (χ0) is 13.0. The van der Waals surface area contributed by atoms with Crippen LogP contribution in [0.15, 0.2) is 42.5 Å². The summed E-state index contributed by atoms with van der Waals surface area (Å²) in [6, 6.07) is 11.2. The summed E-state index contributed by atoms with van der Waals surface area (Å²) in [4.78, 5) is 10.7. The number of methoxy groups -OCH3 is 1. The molecule has 2 rings (SSSR count). The molecule has 2 aromatic rings. The molecule has 0 atom stereocenters. The highest BCUT2D eigenvalue weighted by Crippen LogP contribution is 2.32. The number of ether oxygens (including phenoxy) is 2. The number of benzene rings is 2. The van der Waals surface area contributed by atoms with Crippen LogP contribution in [0.5, 0.6) is 23.0 Å². The third-order valence-corrected chi connectivity index (χ3v) is 2.39. The van der Waals surface area contributed by atoms with Crippen molar-refractivity contribution in [3.63, 3.8) is 0 Å². The number of carbonyl (C=O) groups excluding carboxylic acids is 1. The van der Waals surface area contributed by atoms with Crippen molar-refractivity contribution in [1.29, 1.82) is 0 Å². The normalized spacial score (nSPS) is 9.83. The summed E-state index contributed by atoms with van der Waals surface area (Å²) in [5, 5.41) is 9.17. The highest BCUT2D eigenvalue weighted by molar-refractivity contribution is 5.76. The van der Waals surface area contributed by atoms with Crippen LogP contribution in [-0.2, 0) is 0 Å². The molecule has 0 fully saturated rings. The number of hydrogen-bond acceptors (Lipinski definition) is 4. The van der Waals surface area contributed by atoms with Gasteiger partial charge in [0.05, 0.1) is 7.11 Å². The van der Waals surface area contributed by atoms with E-state index in [4.69, 9.17) is 9.47 Å². The monoisotopic (exact) mass is 244 g/mol. The van der Waals surface area contributed by atoms with Crippen LogP contribution in [0.3, 0.4) is 0 Å². The van der Waals surface area contributed by atoms with Crippen molar-refractivity contribution in [2.75, 3.05) is 7.11 Å². The smallest absolute Gasteiger partial charge is 0.169 e. The number of aldehydes is 1. The van der Waals surface area contributed by atoms with Crippen LogP contribution in [0.1, 0.15) is 10.4 Å². The van der Waals surface area contributed by atoms with Gasteiger partial charge in [0.25, 0.3) is 0 Å². The first kappa shape index (κ1) is 12.0. The van der Waals surface area contributed by atoms with Gasteiger partial charge in [0, 0.05) is 5.56 Å². The molecule has 0 amide bonds. The quantitative estimate of drug-likeness (QED) is 0.840. The fourth-order valence-electron chi connectivity index (χ4n) is 1.48. The third kappa shape index (κ3) is 2.60. The molecule has 0 saturated carbocycles. The Labute approximate surface area is 104 Å². The van der Waals surface area contributed by atoms with Crippen molar-refractivity contribution in [3.8, 4) is 23.0 Å². The van der Waals surface area contributed by atoms with Gasteiger partial charge in [-0.15, -0.1) is 0 Å². The number of carbonyl (C=O) groups is 1. The van der Waals surface area contributed by atoms with Gasteiger partial charge in [0.2, 0.25) is 0 Å². The van der Waals surface area contributed by atoms with Crippen molar-refractivity contribution in [3.05, 3.63) is 48.0 Å². The van der Waals surface area contributed by atoms with Gasteiger partial charge in [-0.3, -0.25) is 4.79 Å². The molecule has 18 heavy (non-hydrogen) atoms. The van der Waals surface area contributed by atoms with Crippen LogP contribution in [0, 0.1) is 0 Å².